The SMILES string of the molecule is CCN1CCC(CNC(=O)N2CCC(C)C2C(=O)O)C1. The number of hydrogen-bond donors (Lipinski definition) is 2. The van der Waals surface area contributed by atoms with Gasteiger partial charge in [0.2, 0.25) is 0 Å². The van der Waals surface area contributed by atoms with Gasteiger partial charge in [-0.1, -0.05) is 13.8 Å². The molecule has 2 saturated heterocycles. The van der Waals surface area contributed by atoms with Crippen molar-refractivity contribution in [3.63, 3.8) is 0 Å². The zero-order chi connectivity index (χ0) is 14.7. The average molecular weight is 283 g/mol. The number of likely N-dealkylation sites (tertiary alicyclic amines) is 2. The fourth-order valence-electron chi connectivity index (χ4n) is 3.25. The molecule has 6 heteroatoms. The molecule has 2 aliphatic heterocycles. The smallest absolute Gasteiger partial charge is 0.326 e. The molecule has 3 unspecified atom stereocenters. The van der Waals surface area contributed by atoms with E-state index in [0.717, 1.165) is 32.5 Å². The van der Waals surface area contributed by atoms with Crippen molar-refractivity contribution in [3.8, 4) is 0 Å². The van der Waals surface area contributed by atoms with Crippen LogP contribution in [0.2, 0.25) is 0 Å². The molecule has 2 heterocycles. The summed E-state index contributed by atoms with van der Waals surface area (Å²) < 4.78 is 0. The topological polar surface area (TPSA) is 72.9 Å². The first kappa shape index (κ1) is 15.1. The van der Waals surface area contributed by atoms with Crippen LogP contribution in [0.25, 0.3) is 0 Å². The summed E-state index contributed by atoms with van der Waals surface area (Å²) in [4.78, 5) is 27.2. The molecule has 2 N–H and O–H groups in total. The number of hydrogen-bond acceptors (Lipinski definition) is 3. The molecular formula is C14H25N3O3. The lowest BCUT2D eigenvalue weighted by molar-refractivity contribution is -0.142. The van der Waals surface area contributed by atoms with Gasteiger partial charge in [0.1, 0.15) is 6.04 Å². The summed E-state index contributed by atoms with van der Waals surface area (Å²) in [5, 5.41) is 12.1. The van der Waals surface area contributed by atoms with Crippen molar-refractivity contribution in [1.82, 2.24) is 15.1 Å². The second-order valence-electron chi connectivity index (χ2n) is 5.98. The number of nitrogens with zero attached hydrogens (tertiary/aromatic N) is 2. The molecule has 114 valence electrons. The standard InChI is InChI=1S/C14H25N3O3/c1-3-16-6-5-11(9-16)8-15-14(20)17-7-4-10(2)12(17)13(18)19/h10-12H,3-9H2,1-2H3,(H,15,20)(H,18,19). The van der Waals surface area contributed by atoms with Gasteiger partial charge in [0.25, 0.3) is 0 Å². The molecule has 20 heavy (non-hydrogen) atoms. The van der Waals surface area contributed by atoms with Crippen LogP contribution in [0.1, 0.15) is 26.7 Å². The van der Waals surface area contributed by atoms with Crippen molar-refractivity contribution >= 4 is 12.0 Å². The quantitative estimate of drug-likeness (QED) is 0.801. The number of carboxylic acids is 1. The van der Waals surface area contributed by atoms with E-state index in [1.54, 1.807) is 0 Å². The summed E-state index contributed by atoms with van der Waals surface area (Å²) in [5.41, 5.74) is 0. The third-order valence-electron chi connectivity index (χ3n) is 4.57. The molecule has 2 rings (SSSR count). The largest absolute Gasteiger partial charge is 0.480 e. The molecule has 0 bridgehead atoms. The zero-order valence-electron chi connectivity index (χ0n) is 12.3. The van der Waals surface area contributed by atoms with E-state index in [1.807, 2.05) is 6.92 Å². The molecule has 0 saturated carbocycles. The van der Waals surface area contributed by atoms with Gasteiger partial charge in [0, 0.05) is 19.6 Å². The van der Waals surface area contributed by atoms with Crippen LogP contribution in [-0.2, 0) is 4.79 Å². The molecule has 0 aromatic carbocycles. The molecule has 0 aromatic rings. The second kappa shape index (κ2) is 6.43. The minimum atomic E-state index is -0.900. The third kappa shape index (κ3) is 3.23. The van der Waals surface area contributed by atoms with Crippen molar-refractivity contribution in [2.75, 3.05) is 32.7 Å². The maximum absolute atomic E-state index is 12.2. The average Bonchev–Trinajstić information content (AvgIpc) is 3.02. The minimum Gasteiger partial charge on any atom is -0.480 e. The summed E-state index contributed by atoms with van der Waals surface area (Å²) in [6.07, 6.45) is 1.87. The number of amides is 2. The van der Waals surface area contributed by atoms with E-state index in [4.69, 9.17) is 0 Å². The van der Waals surface area contributed by atoms with Gasteiger partial charge in [-0.05, 0) is 37.8 Å². The first-order valence-corrected chi connectivity index (χ1v) is 7.52. The molecule has 0 aliphatic carbocycles. The van der Waals surface area contributed by atoms with Crippen molar-refractivity contribution < 1.29 is 14.7 Å². The summed E-state index contributed by atoms with van der Waals surface area (Å²) >= 11 is 0. The number of carbonyl (C=O) groups is 2. The molecule has 2 amide bonds. The number of rotatable bonds is 4. The van der Waals surface area contributed by atoms with Gasteiger partial charge in [-0.25, -0.2) is 9.59 Å². The Morgan fingerprint density at radius 2 is 2.05 bits per heavy atom. The lowest BCUT2D eigenvalue weighted by atomic mass is 10.0. The predicted molar refractivity (Wildman–Crippen MR) is 75.5 cm³/mol. The summed E-state index contributed by atoms with van der Waals surface area (Å²) in [6.45, 7) is 8.38. The number of nitrogens with one attached hydrogen (secondary N) is 1. The second-order valence-corrected chi connectivity index (χ2v) is 5.98. The Bertz CT molecular complexity index is 375. The van der Waals surface area contributed by atoms with Gasteiger partial charge in [-0.2, -0.15) is 0 Å². The highest BCUT2D eigenvalue weighted by Gasteiger charge is 2.39. The van der Waals surface area contributed by atoms with Gasteiger partial charge in [0.15, 0.2) is 0 Å². The fraction of sp³-hybridized carbons (Fsp3) is 0.857. The van der Waals surface area contributed by atoms with Crippen molar-refractivity contribution in [3.05, 3.63) is 0 Å². The van der Waals surface area contributed by atoms with Gasteiger partial charge in [-0.15, -0.1) is 0 Å². The molecular weight excluding hydrogens is 258 g/mol. The molecule has 0 spiro atoms. The third-order valence-corrected chi connectivity index (χ3v) is 4.57. The van der Waals surface area contributed by atoms with E-state index in [-0.39, 0.29) is 11.9 Å². The van der Waals surface area contributed by atoms with Crippen LogP contribution in [-0.4, -0.2) is 65.7 Å². The van der Waals surface area contributed by atoms with Gasteiger partial charge >= 0.3 is 12.0 Å². The van der Waals surface area contributed by atoms with Crippen LogP contribution in [0.15, 0.2) is 0 Å². The molecule has 0 radical (unpaired) electrons. The zero-order valence-corrected chi connectivity index (χ0v) is 12.3. The fourth-order valence-corrected chi connectivity index (χ4v) is 3.25. The first-order valence-electron chi connectivity index (χ1n) is 7.52. The Morgan fingerprint density at radius 3 is 2.65 bits per heavy atom. The lowest BCUT2D eigenvalue weighted by Gasteiger charge is -2.24. The van der Waals surface area contributed by atoms with Crippen LogP contribution in [0.3, 0.4) is 0 Å². The van der Waals surface area contributed by atoms with Crippen molar-refractivity contribution in [2.24, 2.45) is 11.8 Å². The first-order chi connectivity index (χ1) is 9.52. The Hall–Kier alpha value is -1.30. The highest BCUT2D eigenvalue weighted by Crippen LogP contribution is 2.24. The molecule has 6 nitrogen and oxygen atoms in total. The van der Waals surface area contributed by atoms with Crippen LogP contribution in [0, 0.1) is 11.8 Å². The normalized spacial score (nSPS) is 30.7. The van der Waals surface area contributed by atoms with E-state index in [2.05, 4.69) is 17.1 Å². The van der Waals surface area contributed by atoms with Crippen LogP contribution in [0.5, 0.6) is 0 Å². The highest BCUT2D eigenvalue weighted by atomic mass is 16.4. The lowest BCUT2D eigenvalue weighted by Crippen LogP contribution is -2.48. The highest BCUT2D eigenvalue weighted by molar-refractivity contribution is 5.83. The number of aliphatic carboxylic acids is 1. The minimum absolute atomic E-state index is 0.0281. The van der Waals surface area contributed by atoms with Gasteiger partial charge < -0.3 is 20.2 Å². The maximum atomic E-state index is 12.2. The summed E-state index contributed by atoms with van der Waals surface area (Å²) in [6, 6.07) is -0.901. The van der Waals surface area contributed by atoms with Crippen molar-refractivity contribution in [1.29, 1.82) is 0 Å². The monoisotopic (exact) mass is 283 g/mol. The number of carbonyl (C=O) groups excluding carboxylic acids is 1. The maximum Gasteiger partial charge on any atom is 0.326 e. The van der Waals surface area contributed by atoms with Crippen molar-refractivity contribution in [2.45, 2.75) is 32.7 Å². The molecule has 0 aromatic heterocycles. The summed E-state index contributed by atoms with van der Waals surface area (Å²) in [7, 11) is 0. The van der Waals surface area contributed by atoms with E-state index < -0.39 is 12.0 Å². The number of carboxylic acid groups (broad SMARTS) is 1. The van der Waals surface area contributed by atoms with E-state index in [9.17, 15) is 14.7 Å². The van der Waals surface area contributed by atoms with E-state index in [0.29, 0.717) is 19.0 Å². The molecule has 2 fully saturated rings. The van der Waals surface area contributed by atoms with E-state index in [1.165, 1.54) is 4.90 Å². The van der Waals surface area contributed by atoms with Gasteiger partial charge in [-0.3, -0.25) is 0 Å². The molecule has 2 aliphatic rings. The van der Waals surface area contributed by atoms with E-state index >= 15 is 0 Å². The molecule has 3 atom stereocenters. The Morgan fingerprint density at radius 1 is 1.30 bits per heavy atom. The predicted octanol–water partition coefficient (Wildman–Crippen LogP) is 0.833. The number of urea groups is 1. The Labute approximate surface area is 120 Å². The summed E-state index contributed by atoms with van der Waals surface area (Å²) in [5.74, 6) is -0.384. The Balaban J connectivity index is 1.81. The van der Waals surface area contributed by atoms with Crippen LogP contribution in [0.4, 0.5) is 4.79 Å². The van der Waals surface area contributed by atoms with Crippen LogP contribution < -0.4 is 5.32 Å². The van der Waals surface area contributed by atoms with Crippen LogP contribution >= 0.6 is 0 Å². The van der Waals surface area contributed by atoms with Gasteiger partial charge in [0.05, 0.1) is 0 Å². The Kier molecular flexibility index (Phi) is 4.86.